The Kier molecular flexibility index (Phi) is 3.69. The van der Waals surface area contributed by atoms with Crippen molar-refractivity contribution in [1.82, 2.24) is 0 Å². The average molecular weight is 166 g/mol. The lowest BCUT2D eigenvalue weighted by Gasteiger charge is -2.16. The summed E-state index contributed by atoms with van der Waals surface area (Å²) in [4.78, 5) is 0. The summed E-state index contributed by atoms with van der Waals surface area (Å²) >= 11 is -0.371. The second-order valence-corrected chi connectivity index (χ2v) is 7.67. The summed E-state index contributed by atoms with van der Waals surface area (Å²) in [5, 5.41) is 2.98. The van der Waals surface area contributed by atoms with Crippen molar-refractivity contribution < 1.29 is 0 Å². The topological polar surface area (TPSA) is 0 Å². The highest BCUT2D eigenvalue weighted by molar-refractivity contribution is 6.61. The molecule has 1 atom stereocenters. The van der Waals surface area contributed by atoms with Crippen LogP contribution >= 0.6 is 0 Å². The van der Waals surface area contributed by atoms with Crippen molar-refractivity contribution in [3.63, 3.8) is 0 Å². The summed E-state index contributed by atoms with van der Waals surface area (Å²) < 4.78 is 1.06. The van der Waals surface area contributed by atoms with Crippen molar-refractivity contribution in [3.8, 4) is 0 Å². The Bertz CT molecular complexity index is 145. The molecule has 0 radical (unpaired) electrons. The van der Waals surface area contributed by atoms with Crippen molar-refractivity contribution in [3.05, 3.63) is 11.6 Å². The zero-order valence-electron chi connectivity index (χ0n) is 8.06. The van der Waals surface area contributed by atoms with E-state index in [0.717, 1.165) is 4.78 Å². The van der Waals surface area contributed by atoms with Crippen LogP contribution in [0.4, 0.5) is 0 Å². The maximum Gasteiger partial charge on any atom is 0.270 e. The van der Waals surface area contributed by atoms with Gasteiger partial charge in [0.15, 0.2) is 0 Å². The van der Waals surface area contributed by atoms with Gasteiger partial charge in [-0.2, -0.15) is 0 Å². The van der Waals surface area contributed by atoms with E-state index in [1.54, 1.807) is 5.57 Å². The molecule has 1 heteroatoms. The smallest absolute Gasteiger partial charge is 0.0963 e. The Morgan fingerprint density at radius 1 is 1.45 bits per heavy atom. The van der Waals surface area contributed by atoms with Crippen LogP contribution in [-0.2, 0) is 0 Å². The van der Waals surface area contributed by atoms with E-state index < -0.39 is 0 Å². The van der Waals surface area contributed by atoms with E-state index >= 15 is 0 Å². The van der Waals surface area contributed by atoms with Gasteiger partial charge in [-0.3, -0.25) is 0 Å². The second-order valence-electron chi connectivity index (χ2n) is 3.71. The quantitative estimate of drug-likeness (QED) is 0.443. The first-order valence-electron chi connectivity index (χ1n) is 4.96. The van der Waals surface area contributed by atoms with Crippen molar-refractivity contribution in [2.75, 3.05) is 0 Å². The van der Waals surface area contributed by atoms with Crippen LogP contribution < -0.4 is 0 Å². The summed E-state index contributed by atoms with van der Waals surface area (Å²) in [5.74, 6) is 0. The average Bonchev–Trinajstić information content (AvgIpc) is 2.40. The Morgan fingerprint density at radius 2 is 2.09 bits per heavy atom. The molecule has 0 fully saturated rings. The number of allylic oxidation sites excluding steroid dienone is 2. The Hall–Kier alpha value is 0.272. The number of rotatable bonds is 3. The van der Waals surface area contributed by atoms with Gasteiger partial charge < -0.3 is 0 Å². The fourth-order valence-corrected chi connectivity index (χ4v) is 5.59. The van der Waals surface area contributed by atoms with Crippen LogP contribution in [0.5, 0.6) is 0 Å². The third-order valence-corrected chi connectivity index (χ3v) is 7.24. The molecule has 0 saturated heterocycles. The van der Waals surface area contributed by atoms with E-state index in [4.69, 9.17) is 0 Å². The molecule has 1 unspecified atom stereocenters. The fourth-order valence-electron chi connectivity index (χ4n) is 2.33. The summed E-state index contributed by atoms with van der Waals surface area (Å²) in [6.45, 7) is 7.10. The largest absolute Gasteiger partial charge is 0.270 e. The van der Waals surface area contributed by atoms with E-state index in [-0.39, 0.29) is 14.1 Å². The molecular formula is C10H19Al. The maximum absolute atomic E-state index is 2.45. The lowest BCUT2D eigenvalue weighted by Crippen LogP contribution is -2.17. The second kappa shape index (κ2) is 4.34. The Labute approximate surface area is 75.1 Å². The Balaban J connectivity index is 2.51. The highest BCUT2D eigenvalue weighted by Gasteiger charge is 2.27. The van der Waals surface area contributed by atoms with Gasteiger partial charge in [-0.15, -0.1) is 0 Å². The third kappa shape index (κ3) is 2.11. The molecule has 1 aliphatic carbocycles. The van der Waals surface area contributed by atoms with E-state index in [0.29, 0.717) is 0 Å². The Morgan fingerprint density at radius 3 is 2.45 bits per heavy atom. The standard InChI is InChI=1S/C6H9.2C2H5.Al/c1-6-4-2-3-5-6;2*1-2;/h4-5H,2-3H2,1H3;2*1H2,2H3;. The van der Waals surface area contributed by atoms with E-state index in [2.05, 4.69) is 26.8 Å². The molecule has 0 aliphatic heterocycles. The van der Waals surface area contributed by atoms with Crippen molar-refractivity contribution >= 4 is 14.1 Å². The maximum atomic E-state index is 2.45. The van der Waals surface area contributed by atoms with Crippen molar-refractivity contribution in [1.29, 1.82) is 0 Å². The SMILES string of the molecule is C[CH2][Al]([CH2]C)[CH]1CCC=C1C. The van der Waals surface area contributed by atoms with Crippen LogP contribution in [0.25, 0.3) is 0 Å². The van der Waals surface area contributed by atoms with Gasteiger partial charge in [-0.1, -0.05) is 47.3 Å². The molecule has 11 heavy (non-hydrogen) atoms. The molecule has 1 rings (SSSR count). The van der Waals surface area contributed by atoms with Gasteiger partial charge in [0.1, 0.15) is 0 Å². The molecule has 0 aromatic heterocycles. The molecule has 0 amide bonds. The van der Waals surface area contributed by atoms with Crippen molar-refractivity contribution in [2.45, 2.75) is 49.0 Å². The minimum atomic E-state index is -0.371. The first-order valence-corrected chi connectivity index (χ1v) is 7.26. The summed E-state index contributed by atoms with van der Waals surface area (Å²) in [5.41, 5.74) is 1.71. The fraction of sp³-hybridized carbons (Fsp3) is 0.800. The zero-order chi connectivity index (χ0) is 8.27. The first-order chi connectivity index (χ1) is 5.29. The molecule has 0 saturated carbocycles. The van der Waals surface area contributed by atoms with Crippen LogP contribution in [0, 0.1) is 0 Å². The van der Waals surface area contributed by atoms with Crippen LogP contribution in [0.15, 0.2) is 11.6 Å². The molecule has 62 valence electrons. The van der Waals surface area contributed by atoms with Gasteiger partial charge in [-0.05, 0) is 13.3 Å². The highest BCUT2D eigenvalue weighted by Crippen LogP contribution is 2.35. The van der Waals surface area contributed by atoms with Crippen LogP contribution in [-0.4, -0.2) is 14.1 Å². The minimum Gasteiger partial charge on any atom is -0.0963 e. The highest BCUT2D eigenvalue weighted by atomic mass is 27.2. The van der Waals surface area contributed by atoms with Gasteiger partial charge in [0.05, 0.1) is 0 Å². The van der Waals surface area contributed by atoms with Gasteiger partial charge in [0.2, 0.25) is 0 Å². The molecule has 0 aromatic rings. The summed E-state index contributed by atoms with van der Waals surface area (Å²) in [7, 11) is 0. The summed E-state index contributed by atoms with van der Waals surface area (Å²) in [6, 6.07) is 0. The molecule has 0 aromatic carbocycles. The first kappa shape index (κ1) is 9.36. The molecule has 0 spiro atoms. The summed E-state index contributed by atoms with van der Waals surface area (Å²) in [6.07, 6.45) is 5.29. The normalized spacial score (nSPS) is 23.5. The van der Waals surface area contributed by atoms with Crippen LogP contribution in [0.1, 0.15) is 33.6 Å². The predicted molar refractivity (Wildman–Crippen MR) is 53.5 cm³/mol. The van der Waals surface area contributed by atoms with Gasteiger partial charge in [0, 0.05) is 0 Å². The minimum absolute atomic E-state index is 0.371. The lowest BCUT2D eigenvalue weighted by molar-refractivity contribution is 0.870. The third-order valence-electron chi connectivity index (χ3n) is 3.15. The lowest BCUT2D eigenvalue weighted by atomic mass is 10.2. The molecule has 0 N–H and O–H groups in total. The van der Waals surface area contributed by atoms with Crippen LogP contribution in [0.2, 0.25) is 15.3 Å². The van der Waals surface area contributed by atoms with Gasteiger partial charge in [-0.25, -0.2) is 0 Å². The molecule has 0 nitrogen and oxygen atoms in total. The van der Waals surface area contributed by atoms with E-state index in [1.807, 2.05) is 0 Å². The molecule has 0 bridgehead atoms. The molecule has 1 aliphatic rings. The number of hydrogen-bond acceptors (Lipinski definition) is 0. The molecule has 0 heterocycles. The van der Waals surface area contributed by atoms with E-state index in [1.165, 1.54) is 23.4 Å². The predicted octanol–water partition coefficient (Wildman–Crippen LogP) is 3.63. The van der Waals surface area contributed by atoms with Gasteiger partial charge in [0.25, 0.3) is 14.1 Å². The van der Waals surface area contributed by atoms with Crippen LogP contribution in [0.3, 0.4) is 0 Å². The zero-order valence-corrected chi connectivity index (χ0v) is 9.22. The molecular weight excluding hydrogens is 147 g/mol. The van der Waals surface area contributed by atoms with Crippen molar-refractivity contribution in [2.24, 2.45) is 0 Å². The van der Waals surface area contributed by atoms with Gasteiger partial charge >= 0.3 is 0 Å². The monoisotopic (exact) mass is 166 g/mol. The van der Waals surface area contributed by atoms with E-state index in [9.17, 15) is 0 Å². The number of hydrogen-bond donors (Lipinski definition) is 0.